The predicted octanol–water partition coefficient (Wildman–Crippen LogP) is -1.05. The predicted molar refractivity (Wildman–Crippen MR) is 30.4 cm³/mol. The summed E-state index contributed by atoms with van der Waals surface area (Å²) in [5, 5.41) is 9.72. The monoisotopic (exact) mass is 148 g/mol. The number of imide groups is 1. The van der Waals surface area contributed by atoms with Crippen molar-refractivity contribution in [3.8, 4) is 0 Å². The molecule has 0 aromatic heterocycles. The molecule has 0 aromatic rings. The topological polar surface area (TPSA) is 78.8 Å². The molecule has 0 atom stereocenters. The molecule has 9 heavy (non-hydrogen) atoms. The van der Waals surface area contributed by atoms with Crippen molar-refractivity contribution >= 4 is 24.4 Å². The van der Waals surface area contributed by atoms with Crippen LogP contribution in [0.2, 0.25) is 0 Å². The van der Waals surface area contributed by atoms with E-state index in [9.17, 15) is 9.59 Å². The van der Waals surface area contributed by atoms with Crippen LogP contribution in [-0.4, -0.2) is 23.7 Å². The molecule has 2 N–H and O–H groups in total. The Labute approximate surface area is 56.2 Å². The summed E-state index contributed by atoms with van der Waals surface area (Å²) < 4.78 is 2.68. The molecule has 3 amide bonds. The lowest BCUT2D eigenvalue weighted by atomic mass is 10.6. The highest BCUT2D eigenvalue weighted by Crippen LogP contribution is 1.69. The van der Waals surface area contributed by atoms with E-state index in [-0.39, 0.29) is 0 Å². The van der Waals surface area contributed by atoms with Crippen molar-refractivity contribution in [3.05, 3.63) is 0 Å². The molecular weight excluding hydrogens is 144 g/mol. The van der Waals surface area contributed by atoms with E-state index in [1.807, 2.05) is 0 Å². The lowest BCUT2D eigenvalue weighted by Gasteiger charge is -1.91. The Balaban J connectivity index is 3.59. The molecule has 0 spiro atoms. The summed E-state index contributed by atoms with van der Waals surface area (Å²) in [7, 11) is 0. The number of hydrogen-bond acceptors (Lipinski definition) is 4. The van der Waals surface area contributed by atoms with E-state index < -0.39 is 18.5 Å². The molecule has 0 aromatic carbocycles. The zero-order valence-electron chi connectivity index (χ0n) is 4.33. The van der Waals surface area contributed by atoms with Crippen molar-refractivity contribution in [1.82, 2.24) is 5.32 Å². The molecule has 0 fully saturated rings. The van der Waals surface area contributed by atoms with Gasteiger partial charge in [-0.25, -0.2) is 4.79 Å². The zero-order valence-corrected chi connectivity index (χ0v) is 5.14. The van der Waals surface area contributed by atoms with Crippen molar-refractivity contribution in [2.45, 2.75) is 0 Å². The van der Waals surface area contributed by atoms with Crippen LogP contribution in [0.15, 0.2) is 4.36 Å². The minimum absolute atomic E-state index is 0.739. The summed E-state index contributed by atoms with van der Waals surface area (Å²) in [5.41, 5.74) is 0. The van der Waals surface area contributed by atoms with E-state index in [0.717, 1.165) is 0 Å². The average Bonchev–Trinajstić information content (AvgIpc) is 1.87. The first kappa shape index (κ1) is 8.12. The highest BCUT2D eigenvalue weighted by atomic mass is 32.1. The van der Waals surface area contributed by atoms with Gasteiger partial charge in [0.15, 0.2) is 0 Å². The molecule has 5 nitrogen and oxygen atoms in total. The van der Waals surface area contributed by atoms with Gasteiger partial charge in [0.05, 0.1) is 0 Å². The number of amides is 3. The largest absolute Gasteiger partial charge is 0.387 e. The summed E-state index contributed by atoms with van der Waals surface area (Å²) in [6, 6.07) is -0.927. The van der Waals surface area contributed by atoms with Crippen LogP contribution in [0.4, 0.5) is 4.79 Å². The molecule has 0 aliphatic heterocycles. The molecular formula is C3H4N2O3S. The molecule has 0 rings (SSSR count). The van der Waals surface area contributed by atoms with Gasteiger partial charge < -0.3 is 5.11 Å². The van der Waals surface area contributed by atoms with Crippen LogP contribution in [0.5, 0.6) is 0 Å². The van der Waals surface area contributed by atoms with Crippen LogP contribution >= 0.6 is 0 Å². The first-order chi connectivity index (χ1) is 4.20. The molecule has 0 aliphatic carbocycles. The fourth-order valence-electron chi connectivity index (χ4n) is 0.182. The molecule has 0 saturated heterocycles. The highest BCUT2D eigenvalue weighted by molar-refractivity contribution is 7.47. The minimum Gasteiger partial charge on any atom is -0.387 e. The average molecular weight is 148 g/mol. The normalized spacial score (nSPS) is 8.11. The maximum Gasteiger partial charge on any atom is 0.359 e. The second-order valence-electron chi connectivity index (χ2n) is 1.10. The van der Waals surface area contributed by atoms with E-state index in [1.165, 1.54) is 0 Å². The molecule has 6 heteroatoms. The Hall–Kier alpha value is -0.880. The minimum atomic E-state index is -0.927. The van der Waals surface area contributed by atoms with Gasteiger partial charge in [0.25, 0.3) is 5.91 Å². The quantitative estimate of drug-likeness (QED) is 0.497. The van der Waals surface area contributed by atoms with Crippen LogP contribution in [0.1, 0.15) is 0 Å². The summed E-state index contributed by atoms with van der Waals surface area (Å²) in [6.07, 6.45) is 0. The first-order valence-corrected chi connectivity index (χ1v) is 2.35. The van der Waals surface area contributed by atoms with Gasteiger partial charge in [0.1, 0.15) is 6.61 Å². The number of rotatable bonds is 1. The molecule has 0 radical (unpaired) electrons. The van der Waals surface area contributed by atoms with Crippen LogP contribution in [0.3, 0.4) is 0 Å². The van der Waals surface area contributed by atoms with E-state index in [4.69, 9.17) is 5.11 Å². The number of nitrogens with one attached hydrogen (secondary N) is 1. The van der Waals surface area contributed by atoms with Crippen LogP contribution in [-0.2, 0) is 17.2 Å². The van der Waals surface area contributed by atoms with E-state index >= 15 is 0 Å². The number of nitrogens with zero attached hydrogens (tertiary/aromatic N) is 1. The molecule has 0 bridgehead atoms. The molecule has 0 aliphatic rings. The number of carbonyl (C=O) groups excluding carboxylic acids is 2. The van der Waals surface area contributed by atoms with Crippen molar-refractivity contribution in [3.63, 3.8) is 0 Å². The Morgan fingerprint density at radius 1 is 1.67 bits per heavy atom. The van der Waals surface area contributed by atoms with Crippen LogP contribution in [0, 0.1) is 0 Å². The summed E-state index contributed by atoms with van der Waals surface area (Å²) >= 11 is 3.92. The Morgan fingerprint density at radius 2 is 2.22 bits per heavy atom. The summed E-state index contributed by atoms with van der Waals surface area (Å²) in [5.74, 6) is -0.811. The third-order valence-corrected chi connectivity index (χ3v) is 0.639. The van der Waals surface area contributed by atoms with Gasteiger partial charge in [-0.05, 0) is 0 Å². The second kappa shape index (κ2) is 4.04. The SMILES string of the molecule is O=C(CO)NC(=O)N=S. The Bertz CT molecular complexity index is 146. The zero-order chi connectivity index (χ0) is 7.28. The first-order valence-electron chi connectivity index (χ1n) is 1.98. The van der Waals surface area contributed by atoms with E-state index in [0.29, 0.717) is 0 Å². The van der Waals surface area contributed by atoms with Crippen molar-refractivity contribution in [2.24, 2.45) is 4.36 Å². The number of urea groups is 1. The Morgan fingerprint density at radius 3 is 2.56 bits per heavy atom. The van der Waals surface area contributed by atoms with Gasteiger partial charge in [0, 0.05) is 12.4 Å². The number of carbonyl (C=O) groups is 2. The summed E-state index contributed by atoms with van der Waals surface area (Å²) in [6.45, 7) is -0.739. The van der Waals surface area contributed by atoms with Gasteiger partial charge in [0.2, 0.25) is 0 Å². The third kappa shape index (κ3) is 3.68. The maximum absolute atomic E-state index is 10.1. The second-order valence-corrected chi connectivity index (χ2v) is 1.29. The standard InChI is InChI=1S/C3H4N2O3S/c6-1-2(7)4-3(8)5-9/h6H,1H2,(H,4,7,8). The van der Waals surface area contributed by atoms with E-state index in [2.05, 4.69) is 16.8 Å². The van der Waals surface area contributed by atoms with Crippen molar-refractivity contribution < 1.29 is 14.7 Å². The molecule has 0 saturated carbocycles. The van der Waals surface area contributed by atoms with E-state index in [1.54, 1.807) is 5.32 Å². The third-order valence-electron chi connectivity index (χ3n) is 0.473. The maximum atomic E-state index is 10.1. The van der Waals surface area contributed by atoms with Gasteiger partial charge in [-0.1, -0.05) is 0 Å². The summed E-state index contributed by atoms with van der Waals surface area (Å²) in [4.78, 5) is 20.2. The van der Waals surface area contributed by atoms with Gasteiger partial charge in [-0.2, -0.15) is 0 Å². The molecule has 50 valence electrons. The number of hydrogen-bond donors (Lipinski definition) is 2. The van der Waals surface area contributed by atoms with Crippen molar-refractivity contribution in [1.29, 1.82) is 0 Å². The smallest absolute Gasteiger partial charge is 0.359 e. The van der Waals surface area contributed by atoms with Gasteiger partial charge >= 0.3 is 6.03 Å². The highest BCUT2D eigenvalue weighted by Gasteiger charge is 2.01. The fraction of sp³-hybridized carbons (Fsp3) is 0.333. The number of aliphatic hydroxyl groups is 1. The van der Waals surface area contributed by atoms with Crippen LogP contribution < -0.4 is 5.32 Å². The lowest BCUT2D eigenvalue weighted by Crippen LogP contribution is -2.29. The van der Waals surface area contributed by atoms with Gasteiger partial charge in [-0.3, -0.25) is 10.1 Å². The number of aliphatic hydroxyl groups excluding tert-OH is 1. The Kier molecular flexibility index (Phi) is 3.65. The molecule has 0 unspecified atom stereocenters. The van der Waals surface area contributed by atoms with Gasteiger partial charge in [-0.15, -0.1) is 4.36 Å². The van der Waals surface area contributed by atoms with Crippen LogP contribution in [0.25, 0.3) is 0 Å². The fourth-order valence-corrected chi connectivity index (χ4v) is 0.227. The van der Waals surface area contributed by atoms with Crippen molar-refractivity contribution in [2.75, 3.05) is 6.61 Å². The lowest BCUT2D eigenvalue weighted by molar-refractivity contribution is -0.122. The molecule has 0 heterocycles.